The lowest BCUT2D eigenvalue weighted by Gasteiger charge is -2.31. The van der Waals surface area contributed by atoms with Gasteiger partial charge in [-0.15, -0.1) is 0 Å². The van der Waals surface area contributed by atoms with Crippen LogP contribution in [0.25, 0.3) is 0 Å². The summed E-state index contributed by atoms with van der Waals surface area (Å²) in [5, 5.41) is 12.9. The fourth-order valence-corrected chi connectivity index (χ4v) is 3.43. The average Bonchev–Trinajstić information content (AvgIpc) is 2.66. The summed E-state index contributed by atoms with van der Waals surface area (Å²) in [4.78, 5) is 17.3. The molecular formula is C22H23N3O3. The van der Waals surface area contributed by atoms with E-state index in [0.29, 0.717) is 22.7 Å². The smallest absolute Gasteiger partial charge is 0.336 e. The summed E-state index contributed by atoms with van der Waals surface area (Å²) in [6.45, 7) is 7.70. The largest absolute Gasteiger partial charge is 0.475 e. The van der Waals surface area contributed by atoms with Crippen LogP contribution in [0.1, 0.15) is 50.3 Å². The van der Waals surface area contributed by atoms with Crippen molar-refractivity contribution in [1.82, 2.24) is 4.98 Å². The monoisotopic (exact) mass is 377 g/mol. The molecule has 1 N–H and O–H groups in total. The van der Waals surface area contributed by atoms with Crippen molar-refractivity contribution in [1.29, 1.82) is 5.26 Å². The highest BCUT2D eigenvalue weighted by Gasteiger charge is 2.37. The zero-order valence-corrected chi connectivity index (χ0v) is 16.4. The molecule has 2 aromatic rings. The summed E-state index contributed by atoms with van der Waals surface area (Å²) < 4.78 is 11.3. The molecule has 3 rings (SSSR count). The minimum Gasteiger partial charge on any atom is -0.475 e. The third kappa shape index (κ3) is 3.56. The van der Waals surface area contributed by atoms with E-state index in [9.17, 15) is 10.1 Å². The van der Waals surface area contributed by atoms with Gasteiger partial charge in [-0.2, -0.15) is 5.26 Å². The van der Waals surface area contributed by atoms with Gasteiger partial charge in [0.1, 0.15) is 0 Å². The first-order chi connectivity index (χ1) is 13.5. The van der Waals surface area contributed by atoms with E-state index in [0.717, 1.165) is 16.8 Å². The molecule has 0 fully saturated rings. The molecule has 1 aromatic heterocycles. The minimum atomic E-state index is -0.520. The molecule has 1 aliphatic rings. The average molecular weight is 377 g/mol. The summed E-state index contributed by atoms with van der Waals surface area (Å²) in [5.41, 5.74) is 3.89. The number of fused-ring (bicyclic) bond motifs is 1. The summed E-state index contributed by atoms with van der Waals surface area (Å²) in [7, 11) is 0. The maximum Gasteiger partial charge on any atom is 0.336 e. The molecule has 1 aromatic carbocycles. The standard InChI is InChI=1S/C22H23N3O3/c1-5-27-22(26)18-14(4)25-17-10-11-24-21(28-13(2)3)20(17)19(18)16-9-7-6-8-15(16)12-23/h6-11,13,19,25H,5H2,1-4H3/t19-/m0/s1. The number of nitrogens with one attached hydrogen (secondary N) is 1. The van der Waals surface area contributed by atoms with Crippen molar-refractivity contribution in [3.05, 3.63) is 64.5 Å². The molecule has 1 atom stereocenters. The molecular weight excluding hydrogens is 354 g/mol. The van der Waals surface area contributed by atoms with Crippen molar-refractivity contribution in [3.8, 4) is 11.9 Å². The van der Waals surface area contributed by atoms with E-state index in [4.69, 9.17) is 9.47 Å². The summed E-state index contributed by atoms with van der Waals surface area (Å²) in [5.74, 6) is -0.504. The zero-order valence-electron chi connectivity index (χ0n) is 16.4. The number of esters is 1. The number of ether oxygens (including phenoxy) is 2. The number of aromatic nitrogens is 1. The second kappa shape index (κ2) is 8.13. The van der Waals surface area contributed by atoms with Crippen molar-refractivity contribution in [2.45, 2.75) is 39.7 Å². The van der Waals surface area contributed by atoms with E-state index >= 15 is 0 Å². The molecule has 0 saturated heterocycles. The van der Waals surface area contributed by atoms with Gasteiger partial charge in [0.05, 0.1) is 41.4 Å². The number of pyridine rings is 1. The summed E-state index contributed by atoms with van der Waals surface area (Å²) in [6.07, 6.45) is 1.57. The number of carbonyl (C=O) groups is 1. The van der Waals surface area contributed by atoms with Crippen LogP contribution in [0.3, 0.4) is 0 Å². The molecule has 0 amide bonds. The number of rotatable bonds is 5. The molecule has 28 heavy (non-hydrogen) atoms. The van der Waals surface area contributed by atoms with Gasteiger partial charge < -0.3 is 14.8 Å². The van der Waals surface area contributed by atoms with Crippen LogP contribution < -0.4 is 10.1 Å². The quantitative estimate of drug-likeness (QED) is 0.789. The molecule has 6 nitrogen and oxygen atoms in total. The first kappa shape index (κ1) is 19.4. The van der Waals surface area contributed by atoms with E-state index in [1.54, 1.807) is 25.3 Å². The Balaban J connectivity index is 2.30. The zero-order chi connectivity index (χ0) is 20.3. The normalized spacial score (nSPS) is 15.5. The second-order valence-electron chi connectivity index (χ2n) is 6.76. The molecule has 0 radical (unpaired) electrons. The predicted molar refractivity (Wildman–Crippen MR) is 106 cm³/mol. The van der Waals surface area contributed by atoms with Gasteiger partial charge in [0.25, 0.3) is 0 Å². The molecule has 1 aliphatic heterocycles. The SMILES string of the molecule is CCOC(=O)C1=C(C)Nc2ccnc(OC(C)C)c2[C@H]1c1ccccc1C#N. The first-order valence-electron chi connectivity index (χ1n) is 9.27. The minimum absolute atomic E-state index is 0.0936. The van der Waals surface area contributed by atoms with E-state index < -0.39 is 11.9 Å². The number of nitrogens with zero attached hydrogens (tertiary/aromatic N) is 2. The van der Waals surface area contributed by atoms with Crippen molar-refractivity contribution in [2.24, 2.45) is 0 Å². The Hall–Kier alpha value is -3.33. The van der Waals surface area contributed by atoms with Crippen LogP contribution in [0.4, 0.5) is 5.69 Å². The lowest BCUT2D eigenvalue weighted by Crippen LogP contribution is -2.26. The number of allylic oxidation sites excluding steroid dienone is 1. The van der Waals surface area contributed by atoms with Crippen LogP contribution in [0, 0.1) is 11.3 Å². The molecule has 0 unspecified atom stereocenters. The van der Waals surface area contributed by atoms with Gasteiger partial charge in [0.2, 0.25) is 5.88 Å². The lowest BCUT2D eigenvalue weighted by molar-refractivity contribution is -0.138. The van der Waals surface area contributed by atoms with Gasteiger partial charge in [-0.1, -0.05) is 18.2 Å². The third-order valence-electron chi connectivity index (χ3n) is 4.49. The lowest BCUT2D eigenvalue weighted by atomic mass is 9.79. The Morgan fingerprint density at radius 1 is 1.32 bits per heavy atom. The van der Waals surface area contributed by atoms with E-state index in [1.807, 2.05) is 39.0 Å². The van der Waals surface area contributed by atoms with Crippen molar-refractivity contribution in [3.63, 3.8) is 0 Å². The molecule has 0 bridgehead atoms. The number of anilines is 1. The second-order valence-corrected chi connectivity index (χ2v) is 6.76. The van der Waals surface area contributed by atoms with Gasteiger partial charge in [-0.3, -0.25) is 0 Å². The number of hydrogen-bond acceptors (Lipinski definition) is 6. The maximum absolute atomic E-state index is 12.9. The van der Waals surface area contributed by atoms with Crippen molar-refractivity contribution < 1.29 is 14.3 Å². The fraction of sp³-hybridized carbons (Fsp3) is 0.318. The molecule has 0 aliphatic carbocycles. The van der Waals surface area contributed by atoms with Gasteiger partial charge in [-0.25, -0.2) is 9.78 Å². The van der Waals surface area contributed by atoms with Gasteiger partial charge >= 0.3 is 5.97 Å². The van der Waals surface area contributed by atoms with Crippen LogP contribution in [0.2, 0.25) is 0 Å². The van der Waals surface area contributed by atoms with Crippen LogP contribution in [-0.2, 0) is 9.53 Å². The maximum atomic E-state index is 12.9. The topological polar surface area (TPSA) is 84.2 Å². The molecule has 0 saturated carbocycles. The number of benzene rings is 1. The van der Waals surface area contributed by atoms with Crippen molar-refractivity contribution in [2.75, 3.05) is 11.9 Å². The summed E-state index contributed by atoms with van der Waals surface area (Å²) >= 11 is 0. The predicted octanol–water partition coefficient (Wildman–Crippen LogP) is 4.13. The Labute approximate surface area is 164 Å². The molecule has 0 spiro atoms. The first-order valence-corrected chi connectivity index (χ1v) is 9.27. The van der Waals surface area contributed by atoms with E-state index in [1.165, 1.54) is 0 Å². The molecule has 6 heteroatoms. The van der Waals surface area contributed by atoms with Gasteiger partial charge in [-0.05, 0) is 45.4 Å². The highest BCUT2D eigenvalue weighted by molar-refractivity contribution is 5.95. The molecule has 2 heterocycles. The highest BCUT2D eigenvalue weighted by atomic mass is 16.5. The highest BCUT2D eigenvalue weighted by Crippen LogP contribution is 2.46. The number of carbonyl (C=O) groups excluding carboxylic acids is 1. The van der Waals surface area contributed by atoms with Crippen LogP contribution in [0.15, 0.2) is 47.8 Å². The van der Waals surface area contributed by atoms with Gasteiger partial charge in [0.15, 0.2) is 0 Å². The van der Waals surface area contributed by atoms with Crippen LogP contribution in [0.5, 0.6) is 5.88 Å². The third-order valence-corrected chi connectivity index (χ3v) is 4.49. The Kier molecular flexibility index (Phi) is 5.65. The van der Waals surface area contributed by atoms with Crippen LogP contribution in [-0.4, -0.2) is 23.7 Å². The van der Waals surface area contributed by atoms with E-state index in [2.05, 4.69) is 16.4 Å². The molecule has 144 valence electrons. The summed E-state index contributed by atoms with van der Waals surface area (Å²) in [6, 6.07) is 11.3. The number of nitriles is 1. The fourth-order valence-electron chi connectivity index (χ4n) is 3.43. The van der Waals surface area contributed by atoms with Crippen molar-refractivity contribution >= 4 is 11.7 Å². The van der Waals surface area contributed by atoms with Gasteiger partial charge in [0, 0.05) is 17.6 Å². The van der Waals surface area contributed by atoms with Crippen LogP contribution >= 0.6 is 0 Å². The number of hydrogen-bond donors (Lipinski definition) is 1. The van der Waals surface area contributed by atoms with E-state index in [-0.39, 0.29) is 12.7 Å². The Morgan fingerprint density at radius 3 is 2.75 bits per heavy atom. The Bertz CT molecular complexity index is 973. The Morgan fingerprint density at radius 2 is 2.07 bits per heavy atom.